The Labute approximate surface area is 168 Å². The highest BCUT2D eigenvalue weighted by Gasteiger charge is 2.12. The number of carbonyl (C=O) groups is 2. The fourth-order valence-electron chi connectivity index (χ4n) is 2.48. The summed E-state index contributed by atoms with van der Waals surface area (Å²) in [5, 5.41) is 0. The zero-order valence-electron chi connectivity index (χ0n) is 16.9. The molecule has 1 heterocycles. The number of nitrogens with zero attached hydrogens (tertiary/aromatic N) is 2. The van der Waals surface area contributed by atoms with E-state index in [1.165, 1.54) is 32.4 Å². The molecule has 1 aromatic heterocycles. The Hall–Kier alpha value is -2.67. The SMILES string of the molecule is CCOC(=O)/C=c1\s/c(=C/c2ccc(C(C)C)cc2)c(=O)n1CC(=O)N(C)C. The van der Waals surface area contributed by atoms with E-state index >= 15 is 0 Å². The molecule has 2 aromatic rings. The molecule has 0 saturated heterocycles. The minimum absolute atomic E-state index is 0.131. The molecule has 0 bridgehead atoms. The standard InChI is InChI=1S/C21H26N2O4S/c1-6-27-20(25)12-19-23(13-18(24)22(4)5)21(26)17(28-19)11-15-7-9-16(10-8-15)14(2)3/h7-12,14H,6,13H2,1-5H3/b17-11+,19-12-. The van der Waals surface area contributed by atoms with Crippen LogP contribution in [-0.2, 0) is 20.9 Å². The van der Waals surface area contributed by atoms with E-state index in [0.717, 1.165) is 5.56 Å². The zero-order valence-corrected chi connectivity index (χ0v) is 17.7. The average Bonchev–Trinajstić information content (AvgIpc) is 2.91. The number of rotatable bonds is 6. The van der Waals surface area contributed by atoms with Crippen molar-refractivity contribution in [3.8, 4) is 0 Å². The van der Waals surface area contributed by atoms with Crippen LogP contribution in [-0.4, -0.2) is 42.0 Å². The monoisotopic (exact) mass is 402 g/mol. The number of carbonyl (C=O) groups excluding carboxylic acids is 2. The van der Waals surface area contributed by atoms with E-state index in [4.69, 9.17) is 4.74 Å². The maximum atomic E-state index is 12.9. The molecule has 0 saturated carbocycles. The van der Waals surface area contributed by atoms with Crippen molar-refractivity contribution in [1.29, 1.82) is 0 Å². The van der Waals surface area contributed by atoms with E-state index in [1.807, 2.05) is 24.3 Å². The summed E-state index contributed by atoms with van der Waals surface area (Å²) in [7, 11) is 3.25. The van der Waals surface area contributed by atoms with Gasteiger partial charge in [0.1, 0.15) is 11.2 Å². The van der Waals surface area contributed by atoms with Crippen LogP contribution in [0.2, 0.25) is 0 Å². The van der Waals surface area contributed by atoms with Crippen molar-refractivity contribution < 1.29 is 14.3 Å². The topological polar surface area (TPSA) is 68.6 Å². The largest absolute Gasteiger partial charge is 0.463 e. The molecular formula is C21H26N2O4S. The van der Waals surface area contributed by atoms with Crippen LogP contribution >= 0.6 is 11.3 Å². The van der Waals surface area contributed by atoms with Gasteiger partial charge in [0.2, 0.25) is 5.91 Å². The van der Waals surface area contributed by atoms with Gasteiger partial charge >= 0.3 is 5.97 Å². The summed E-state index contributed by atoms with van der Waals surface area (Å²) in [5.41, 5.74) is 1.80. The van der Waals surface area contributed by atoms with Gasteiger partial charge in [0.05, 0.1) is 17.2 Å². The Kier molecular flexibility index (Phi) is 7.34. The molecule has 0 aliphatic rings. The Balaban J connectivity index is 2.56. The molecule has 0 aliphatic heterocycles. The Morgan fingerprint density at radius 1 is 1.21 bits per heavy atom. The highest BCUT2D eigenvalue weighted by atomic mass is 32.1. The second-order valence-corrected chi connectivity index (χ2v) is 7.91. The third-order valence-corrected chi connectivity index (χ3v) is 5.22. The van der Waals surface area contributed by atoms with Crippen LogP contribution in [0.25, 0.3) is 12.2 Å². The third kappa shape index (κ3) is 5.42. The van der Waals surface area contributed by atoms with E-state index < -0.39 is 5.97 Å². The van der Waals surface area contributed by atoms with Crippen molar-refractivity contribution in [3.05, 3.63) is 54.9 Å². The highest BCUT2D eigenvalue weighted by molar-refractivity contribution is 7.07. The molecule has 150 valence electrons. The average molecular weight is 403 g/mol. The van der Waals surface area contributed by atoms with Crippen LogP contribution in [0.1, 0.15) is 37.8 Å². The van der Waals surface area contributed by atoms with Gasteiger partial charge in [-0.3, -0.25) is 14.2 Å². The second-order valence-electron chi connectivity index (χ2n) is 6.85. The van der Waals surface area contributed by atoms with Crippen LogP contribution in [0.5, 0.6) is 0 Å². The number of ether oxygens (including phenoxy) is 1. The lowest BCUT2D eigenvalue weighted by atomic mass is 10.0. The van der Waals surface area contributed by atoms with Gasteiger partial charge in [0.25, 0.3) is 5.56 Å². The maximum absolute atomic E-state index is 12.9. The molecule has 0 aliphatic carbocycles. The number of hydrogen-bond donors (Lipinski definition) is 0. The minimum atomic E-state index is -0.539. The molecule has 28 heavy (non-hydrogen) atoms. The van der Waals surface area contributed by atoms with Crippen molar-refractivity contribution >= 4 is 35.4 Å². The minimum Gasteiger partial charge on any atom is -0.463 e. The summed E-state index contributed by atoms with van der Waals surface area (Å²) in [6, 6.07) is 7.98. The third-order valence-electron chi connectivity index (χ3n) is 4.16. The summed E-state index contributed by atoms with van der Waals surface area (Å²) >= 11 is 1.17. The molecular weight excluding hydrogens is 376 g/mol. The summed E-state index contributed by atoms with van der Waals surface area (Å²) in [6.07, 6.45) is 3.04. The van der Waals surface area contributed by atoms with Gasteiger partial charge in [-0.2, -0.15) is 0 Å². The van der Waals surface area contributed by atoms with Crippen LogP contribution in [0.4, 0.5) is 0 Å². The predicted octanol–water partition coefficient (Wildman–Crippen LogP) is 1.29. The van der Waals surface area contributed by atoms with Crippen molar-refractivity contribution in [1.82, 2.24) is 9.47 Å². The molecule has 0 atom stereocenters. The molecule has 0 spiro atoms. The Morgan fingerprint density at radius 3 is 2.39 bits per heavy atom. The van der Waals surface area contributed by atoms with E-state index in [1.54, 1.807) is 27.1 Å². The summed E-state index contributed by atoms with van der Waals surface area (Å²) in [6.45, 7) is 6.06. The van der Waals surface area contributed by atoms with Crippen molar-refractivity contribution in [2.24, 2.45) is 0 Å². The summed E-state index contributed by atoms with van der Waals surface area (Å²) in [4.78, 5) is 38.3. The first-order valence-electron chi connectivity index (χ1n) is 9.12. The number of amides is 1. The first kappa shape index (κ1) is 21.6. The van der Waals surface area contributed by atoms with Gasteiger partial charge in [0, 0.05) is 14.1 Å². The molecule has 6 nitrogen and oxygen atoms in total. The fraction of sp³-hybridized carbons (Fsp3) is 0.381. The van der Waals surface area contributed by atoms with Gasteiger partial charge in [0.15, 0.2) is 0 Å². The predicted molar refractivity (Wildman–Crippen MR) is 112 cm³/mol. The van der Waals surface area contributed by atoms with Crippen molar-refractivity contribution in [3.63, 3.8) is 0 Å². The number of thiazole rings is 1. The van der Waals surface area contributed by atoms with Gasteiger partial charge in [-0.05, 0) is 30.0 Å². The first-order chi connectivity index (χ1) is 13.2. The second kappa shape index (κ2) is 9.50. The molecule has 0 unspecified atom stereocenters. The van der Waals surface area contributed by atoms with Crippen molar-refractivity contribution in [2.75, 3.05) is 20.7 Å². The quantitative estimate of drug-likeness (QED) is 0.683. The first-order valence-corrected chi connectivity index (χ1v) is 9.94. The fourth-order valence-corrected chi connectivity index (χ4v) is 3.51. The van der Waals surface area contributed by atoms with Crippen LogP contribution in [0.15, 0.2) is 29.1 Å². The summed E-state index contributed by atoms with van der Waals surface area (Å²) < 4.78 is 7.12. The molecule has 1 aromatic carbocycles. The summed E-state index contributed by atoms with van der Waals surface area (Å²) in [5.74, 6) is -0.343. The molecule has 0 fully saturated rings. The Bertz CT molecular complexity index is 1010. The van der Waals surface area contributed by atoms with Gasteiger partial charge < -0.3 is 9.64 Å². The zero-order chi connectivity index (χ0) is 20.8. The van der Waals surface area contributed by atoms with Gasteiger partial charge in [-0.1, -0.05) is 38.1 Å². The number of likely N-dealkylation sites (N-methyl/N-ethyl adjacent to an activating group) is 1. The Morgan fingerprint density at radius 2 is 1.86 bits per heavy atom. The van der Waals surface area contributed by atoms with E-state index in [0.29, 0.717) is 15.1 Å². The van der Waals surface area contributed by atoms with E-state index in [9.17, 15) is 14.4 Å². The lowest BCUT2D eigenvalue weighted by Gasteiger charge is -2.10. The number of esters is 1. The number of aromatic nitrogens is 1. The van der Waals surface area contributed by atoms with Crippen LogP contribution in [0.3, 0.4) is 0 Å². The maximum Gasteiger partial charge on any atom is 0.333 e. The lowest BCUT2D eigenvalue weighted by Crippen LogP contribution is -2.38. The molecule has 7 heteroatoms. The highest BCUT2D eigenvalue weighted by Crippen LogP contribution is 2.14. The number of benzene rings is 1. The molecule has 0 radical (unpaired) electrons. The number of hydrogen-bond acceptors (Lipinski definition) is 5. The van der Waals surface area contributed by atoms with Crippen LogP contribution in [0, 0.1) is 0 Å². The van der Waals surface area contributed by atoms with Gasteiger partial charge in [-0.15, -0.1) is 11.3 Å². The van der Waals surface area contributed by atoms with Gasteiger partial charge in [-0.25, -0.2) is 4.79 Å². The molecule has 1 amide bonds. The van der Waals surface area contributed by atoms with Crippen LogP contribution < -0.4 is 14.8 Å². The van der Waals surface area contributed by atoms with Crippen molar-refractivity contribution in [2.45, 2.75) is 33.2 Å². The molecule has 2 rings (SSSR count). The smallest absolute Gasteiger partial charge is 0.333 e. The normalized spacial score (nSPS) is 12.5. The molecule has 0 N–H and O–H groups in total. The van der Waals surface area contributed by atoms with E-state index in [-0.39, 0.29) is 24.6 Å². The lowest BCUT2D eigenvalue weighted by molar-refractivity contribution is -0.135. The van der Waals surface area contributed by atoms with E-state index in [2.05, 4.69) is 13.8 Å².